The van der Waals surface area contributed by atoms with Gasteiger partial charge in [0.05, 0.1) is 18.2 Å². The molecule has 2 unspecified atom stereocenters. The average molecular weight is 288 g/mol. The summed E-state index contributed by atoms with van der Waals surface area (Å²) in [4.78, 5) is 30.1. The van der Waals surface area contributed by atoms with Crippen LogP contribution in [-0.4, -0.2) is 41.9 Å². The minimum Gasteiger partial charge on any atom is -0.447 e. The van der Waals surface area contributed by atoms with E-state index in [1.165, 1.54) is 0 Å². The number of ether oxygens (including phenoxy) is 1. The van der Waals surface area contributed by atoms with Gasteiger partial charge in [-0.15, -0.1) is 0 Å². The minimum atomic E-state index is -0.771. The molecule has 110 valence electrons. The molecule has 2 amide bonds. The molecule has 0 bridgehead atoms. The number of imide groups is 1. The number of hydrogen-bond acceptors (Lipinski definition) is 5. The largest absolute Gasteiger partial charge is 0.447 e. The van der Waals surface area contributed by atoms with Crippen molar-refractivity contribution in [3.05, 3.63) is 35.4 Å². The van der Waals surface area contributed by atoms with Crippen molar-refractivity contribution in [3.63, 3.8) is 0 Å². The Bertz CT molecular complexity index is 609. The second kappa shape index (κ2) is 5.20. The van der Waals surface area contributed by atoms with Crippen molar-refractivity contribution in [2.45, 2.75) is 20.0 Å². The fraction of sp³-hybridized carbons (Fsp3) is 0.400. The van der Waals surface area contributed by atoms with Crippen LogP contribution in [-0.2, 0) is 14.4 Å². The van der Waals surface area contributed by atoms with Gasteiger partial charge in [-0.25, -0.2) is 9.69 Å². The fourth-order valence-corrected chi connectivity index (χ4v) is 2.48. The summed E-state index contributed by atoms with van der Waals surface area (Å²) in [6, 6.07) is 7.87. The van der Waals surface area contributed by atoms with Crippen molar-refractivity contribution in [3.8, 4) is 0 Å². The number of nitrogens with zero attached hydrogens (tertiary/aromatic N) is 2. The van der Waals surface area contributed by atoms with Crippen LogP contribution in [0.4, 0.5) is 4.79 Å². The maximum atomic E-state index is 12.3. The first kappa shape index (κ1) is 13.6. The van der Waals surface area contributed by atoms with Crippen molar-refractivity contribution in [1.82, 2.24) is 4.90 Å². The number of benzene rings is 1. The Morgan fingerprint density at radius 2 is 2.05 bits per heavy atom. The topological polar surface area (TPSA) is 68.2 Å². The van der Waals surface area contributed by atoms with E-state index in [2.05, 4.69) is 5.16 Å². The predicted octanol–water partition coefficient (Wildman–Crippen LogP) is 1.71. The summed E-state index contributed by atoms with van der Waals surface area (Å²) < 4.78 is 4.78. The van der Waals surface area contributed by atoms with Crippen LogP contribution in [0.1, 0.15) is 18.1 Å². The molecule has 21 heavy (non-hydrogen) atoms. The van der Waals surface area contributed by atoms with E-state index in [4.69, 9.17) is 9.57 Å². The van der Waals surface area contributed by atoms with E-state index in [9.17, 15) is 9.59 Å². The van der Waals surface area contributed by atoms with Crippen molar-refractivity contribution in [2.24, 2.45) is 11.1 Å². The molecule has 1 aromatic rings. The SMILES string of the molecule is Cc1ccc(C2=NOC(C(=O)N3CCOC3=O)C2C)cc1. The van der Waals surface area contributed by atoms with Crippen molar-refractivity contribution < 1.29 is 19.2 Å². The summed E-state index contributed by atoms with van der Waals surface area (Å²) in [7, 11) is 0. The smallest absolute Gasteiger partial charge is 0.416 e. The number of cyclic esters (lactones) is 1. The minimum absolute atomic E-state index is 0.214. The number of hydrogen-bond donors (Lipinski definition) is 0. The zero-order chi connectivity index (χ0) is 15.0. The van der Waals surface area contributed by atoms with Crippen LogP contribution in [0.2, 0.25) is 0 Å². The molecule has 0 aliphatic carbocycles. The van der Waals surface area contributed by atoms with E-state index >= 15 is 0 Å². The molecule has 1 fully saturated rings. The Labute approximate surface area is 122 Å². The van der Waals surface area contributed by atoms with Crippen LogP contribution in [0.25, 0.3) is 0 Å². The van der Waals surface area contributed by atoms with E-state index < -0.39 is 18.1 Å². The molecule has 6 heteroatoms. The van der Waals surface area contributed by atoms with E-state index in [-0.39, 0.29) is 19.1 Å². The van der Waals surface area contributed by atoms with Gasteiger partial charge in [-0.05, 0) is 12.5 Å². The molecule has 1 aromatic carbocycles. The van der Waals surface area contributed by atoms with Gasteiger partial charge in [0, 0.05) is 0 Å². The van der Waals surface area contributed by atoms with Gasteiger partial charge in [0.15, 0.2) is 0 Å². The first-order valence-corrected chi connectivity index (χ1v) is 6.87. The Balaban J connectivity index is 1.76. The quantitative estimate of drug-likeness (QED) is 0.831. The van der Waals surface area contributed by atoms with Gasteiger partial charge in [-0.2, -0.15) is 0 Å². The normalized spacial score (nSPS) is 24.6. The lowest BCUT2D eigenvalue weighted by Gasteiger charge is -2.18. The molecule has 0 saturated carbocycles. The Morgan fingerprint density at radius 3 is 2.67 bits per heavy atom. The second-order valence-electron chi connectivity index (χ2n) is 5.26. The summed E-state index contributed by atoms with van der Waals surface area (Å²) in [6.45, 7) is 4.38. The van der Waals surface area contributed by atoms with E-state index in [0.717, 1.165) is 21.7 Å². The van der Waals surface area contributed by atoms with E-state index in [1.54, 1.807) is 0 Å². The molecular weight excluding hydrogens is 272 g/mol. The zero-order valence-electron chi connectivity index (χ0n) is 11.9. The molecule has 0 N–H and O–H groups in total. The predicted molar refractivity (Wildman–Crippen MR) is 74.8 cm³/mol. The first-order chi connectivity index (χ1) is 10.1. The molecule has 2 heterocycles. The van der Waals surface area contributed by atoms with E-state index in [0.29, 0.717) is 0 Å². The van der Waals surface area contributed by atoms with E-state index in [1.807, 2.05) is 38.1 Å². The average Bonchev–Trinajstić information content (AvgIpc) is 3.05. The Kier molecular flexibility index (Phi) is 3.37. The number of oxime groups is 1. The molecule has 0 spiro atoms. The number of rotatable bonds is 2. The summed E-state index contributed by atoms with van der Waals surface area (Å²) in [5.41, 5.74) is 2.80. The Hall–Kier alpha value is -2.37. The highest BCUT2D eigenvalue weighted by molar-refractivity contribution is 6.07. The van der Waals surface area contributed by atoms with Gasteiger partial charge < -0.3 is 9.57 Å². The van der Waals surface area contributed by atoms with Crippen molar-refractivity contribution >= 4 is 17.7 Å². The van der Waals surface area contributed by atoms with Gasteiger partial charge in [0.25, 0.3) is 5.91 Å². The highest BCUT2D eigenvalue weighted by Crippen LogP contribution is 2.25. The highest BCUT2D eigenvalue weighted by Gasteiger charge is 2.42. The van der Waals surface area contributed by atoms with Gasteiger partial charge >= 0.3 is 6.09 Å². The lowest BCUT2D eigenvalue weighted by Crippen LogP contribution is -2.43. The summed E-state index contributed by atoms with van der Waals surface area (Å²) >= 11 is 0. The Morgan fingerprint density at radius 1 is 1.33 bits per heavy atom. The molecule has 6 nitrogen and oxygen atoms in total. The van der Waals surface area contributed by atoms with Crippen molar-refractivity contribution in [2.75, 3.05) is 13.2 Å². The van der Waals surface area contributed by atoms with Gasteiger partial charge in [0.2, 0.25) is 6.10 Å². The molecule has 1 saturated heterocycles. The molecular formula is C15H16N2O4. The monoisotopic (exact) mass is 288 g/mol. The lowest BCUT2D eigenvalue weighted by atomic mass is 9.93. The zero-order valence-corrected chi connectivity index (χ0v) is 11.9. The number of amides is 2. The molecule has 2 aliphatic rings. The maximum Gasteiger partial charge on any atom is 0.416 e. The standard InChI is InChI=1S/C15H16N2O4/c1-9-3-5-11(6-4-9)12-10(2)13(21-16-12)14(18)17-7-8-20-15(17)19/h3-6,10,13H,7-8H2,1-2H3. The summed E-state index contributed by atoms with van der Waals surface area (Å²) in [5.74, 6) is -0.607. The van der Waals surface area contributed by atoms with Crippen LogP contribution >= 0.6 is 0 Å². The van der Waals surface area contributed by atoms with Crippen LogP contribution in [0, 0.1) is 12.8 Å². The highest BCUT2D eigenvalue weighted by atomic mass is 16.6. The van der Waals surface area contributed by atoms with Crippen LogP contribution in [0.5, 0.6) is 0 Å². The summed E-state index contributed by atoms with van der Waals surface area (Å²) in [5, 5.41) is 4.03. The maximum absolute atomic E-state index is 12.3. The molecule has 2 aliphatic heterocycles. The molecule has 0 aromatic heterocycles. The molecule has 0 radical (unpaired) electrons. The third-order valence-corrected chi connectivity index (χ3v) is 3.77. The van der Waals surface area contributed by atoms with Crippen LogP contribution in [0.15, 0.2) is 29.4 Å². The molecule has 3 rings (SSSR count). The molecule has 2 atom stereocenters. The third kappa shape index (κ3) is 2.37. The van der Waals surface area contributed by atoms with Crippen LogP contribution < -0.4 is 0 Å². The van der Waals surface area contributed by atoms with Gasteiger partial charge in [0.1, 0.15) is 6.61 Å². The lowest BCUT2D eigenvalue weighted by molar-refractivity contribution is -0.140. The van der Waals surface area contributed by atoms with Crippen LogP contribution in [0.3, 0.4) is 0 Å². The summed E-state index contributed by atoms with van der Waals surface area (Å²) in [6.07, 6.45) is -1.38. The van der Waals surface area contributed by atoms with Crippen molar-refractivity contribution in [1.29, 1.82) is 0 Å². The van der Waals surface area contributed by atoms with Gasteiger partial charge in [-0.1, -0.05) is 41.9 Å². The fourth-order valence-electron chi connectivity index (χ4n) is 2.48. The van der Waals surface area contributed by atoms with Gasteiger partial charge in [-0.3, -0.25) is 4.79 Å². The number of aryl methyl sites for hydroxylation is 1. The number of carbonyl (C=O) groups excluding carboxylic acids is 2. The first-order valence-electron chi connectivity index (χ1n) is 6.87. The second-order valence-corrected chi connectivity index (χ2v) is 5.26. The third-order valence-electron chi connectivity index (χ3n) is 3.77. The number of carbonyl (C=O) groups is 2.